The zero-order valence-electron chi connectivity index (χ0n) is 10.6. The van der Waals surface area contributed by atoms with Crippen LogP contribution in [0.4, 0.5) is 0 Å². The van der Waals surface area contributed by atoms with E-state index < -0.39 is 0 Å². The van der Waals surface area contributed by atoms with Gasteiger partial charge in [0, 0.05) is 6.04 Å². The van der Waals surface area contributed by atoms with Gasteiger partial charge in [-0.25, -0.2) is 0 Å². The molecule has 1 saturated heterocycles. The van der Waals surface area contributed by atoms with E-state index in [0.717, 1.165) is 25.8 Å². The molecule has 3 unspecified atom stereocenters. The molecule has 0 bridgehead atoms. The van der Waals surface area contributed by atoms with Crippen LogP contribution < -0.4 is 5.32 Å². The smallest absolute Gasteiger partial charge is 0.0690 e. The van der Waals surface area contributed by atoms with E-state index in [9.17, 15) is 5.11 Å². The Labute approximate surface area is 104 Å². The first-order valence-corrected chi connectivity index (χ1v) is 6.75. The predicted molar refractivity (Wildman–Crippen MR) is 71.0 cm³/mol. The van der Waals surface area contributed by atoms with Crippen LogP contribution in [0.3, 0.4) is 0 Å². The van der Waals surface area contributed by atoms with Gasteiger partial charge in [-0.1, -0.05) is 37.3 Å². The van der Waals surface area contributed by atoms with Crippen LogP contribution in [0, 0.1) is 5.92 Å². The highest BCUT2D eigenvalue weighted by Crippen LogP contribution is 2.23. The van der Waals surface area contributed by atoms with Crippen LogP contribution in [0.2, 0.25) is 0 Å². The molecule has 1 heterocycles. The lowest BCUT2D eigenvalue weighted by Crippen LogP contribution is -2.45. The molecule has 0 amide bonds. The Morgan fingerprint density at radius 2 is 2.12 bits per heavy atom. The lowest BCUT2D eigenvalue weighted by Gasteiger charge is -2.33. The Balaban J connectivity index is 1.89. The highest BCUT2D eigenvalue weighted by molar-refractivity contribution is 5.15. The second kappa shape index (κ2) is 6.18. The number of piperidine rings is 1. The maximum Gasteiger partial charge on any atom is 0.0690 e. The van der Waals surface area contributed by atoms with E-state index in [1.165, 1.54) is 12.0 Å². The van der Waals surface area contributed by atoms with Gasteiger partial charge in [-0.05, 0) is 43.7 Å². The molecule has 1 aromatic carbocycles. The van der Waals surface area contributed by atoms with Crippen molar-refractivity contribution in [1.82, 2.24) is 5.32 Å². The molecular weight excluding hydrogens is 210 g/mol. The molecular formula is C15H23NO. The Bertz CT molecular complexity index is 325. The fraction of sp³-hybridized carbons (Fsp3) is 0.600. The van der Waals surface area contributed by atoms with Crippen LogP contribution in [0.25, 0.3) is 0 Å². The minimum Gasteiger partial charge on any atom is -0.392 e. The van der Waals surface area contributed by atoms with Gasteiger partial charge in [-0.3, -0.25) is 0 Å². The van der Waals surface area contributed by atoms with Crippen molar-refractivity contribution in [3.05, 3.63) is 35.9 Å². The number of nitrogens with one attached hydrogen (secondary N) is 1. The summed E-state index contributed by atoms with van der Waals surface area (Å²) < 4.78 is 0. The summed E-state index contributed by atoms with van der Waals surface area (Å²) in [5.74, 6) is 0.713. The SMILES string of the molecule is CCC(O)C1CC(Cc2ccccc2)CCN1. The molecule has 0 aromatic heterocycles. The molecule has 2 N–H and O–H groups in total. The van der Waals surface area contributed by atoms with Gasteiger partial charge in [0.2, 0.25) is 0 Å². The molecule has 2 nitrogen and oxygen atoms in total. The van der Waals surface area contributed by atoms with Gasteiger partial charge >= 0.3 is 0 Å². The third-order valence-corrected chi connectivity index (χ3v) is 3.80. The van der Waals surface area contributed by atoms with Crippen LogP contribution in [0.5, 0.6) is 0 Å². The van der Waals surface area contributed by atoms with Gasteiger partial charge < -0.3 is 10.4 Å². The van der Waals surface area contributed by atoms with E-state index in [4.69, 9.17) is 0 Å². The predicted octanol–water partition coefficient (Wildman–Crippen LogP) is 2.37. The molecule has 1 aliphatic rings. The van der Waals surface area contributed by atoms with Gasteiger partial charge in [0.25, 0.3) is 0 Å². The average molecular weight is 233 g/mol. The van der Waals surface area contributed by atoms with Gasteiger partial charge in [-0.2, -0.15) is 0 Å². The van der Waals surface area contributed by atoms with Crippen LogP contribution in [0.1, 0.15) is 31.7 Å². The zero-order chi connectivity index (χ0) is 12.1. The number of rotatable bonds is 4. The summed E-state index contributed by atoms with van der Waals surface area (Å²) in [6.45, 7) is 3.09. The largest absolute Gasteiger partial charge is 0.392 e. The molecule has 2 rings (SSSR count). The van der Waals surface area contributed by atoms with Crippen LogP contribution >= 0.6 is 0 Å². The van der Waals surface area contributed by atoms with Crippen molar-refractivity contribution in [1.29, 1.82) is 0 Å². The number of aliphatic hydroxyl groups excluding tert-OH is 1. The van der Waals surface area contributed by atoms with Crippen LogP contribution in [-0.2, 0) is 6.42 Å². The number of hydrogen-bond donors (Lipinski definition) is 2. The van der Waals surface area contributed by atoms with Gasteiger partial charge in [0.05, 0.1) is 6.10 Å². The van der Waals surface area contributed by atoms with Gasteiger partial charge in [0.1, 0.15) is 0 Å². The molecule has 0 saturated carbocycles. The molecule has 0 aliphatic carbocycles. The van der Waals surface area contributed by atoms with Crippen molar-refractivity contribution in [3.8, 4) is 0 Å². The number of aliphatic hydroxyl groups is 1. The first-order valence-electron chi connectivity index (χ1n) is 6.75. The van der Waals surface area contributed by atoms with E-state index >= 15 is 0 Å². The summed E-state index contributed by atoms with van der Waals surface area (Å²) in [5, 5.41) is 13.3. The molecule has 0 radical (unpaired) electrons. The average Bonchev–Trinajstić information content (AvgIpc) is 2.39. The maximum atomic E-state index is 9.90. The summed E-state index contributed by atoms with van der Waals surface area (Å²) in [7, 11) is 0. The highest BCUT2D eigenvalue weighted by Gasteiger charge is 2.25. The Hall–Kier alpha value is -0.860. The first kappa shape index (κ1) is 12.6. The summed E-state index contributed by atoms with van der Waals surface area (Å²) in [6, 6.07) is 11.0. The standard InChI is InChI=1S/C15H23NO/c1-2-15(17)14-11-13(8-9-16-14)10-12-6-4-3-5-7-12/h3-7,13-17H,2,8-11H2,1H3. The third-order valence-electron chi connectivity index (χ3n) is 3.80. The van der Waals surface area contributed by atoms with Crippen molar-refractivity contribution < 1.29 is 5.11 Å². The van der Waals surface area contributed by atoms with E-state index in [1.54, 1.807) is 0 Å². The lowest BCUT2D eigenvalue weighted by molar-refractivity contribution is 0.0950. The first-order chi connectivity index (χ1) is 8.29. The monoisotopic (exact) mass is 233 g/mol. The van der Waals surface area contributed by atoms with Crippen molar-refractivity contribution in [3.63, 3.8) is 0 Å². The minimum absolute atomic E-state index is 0.187. The fourth-order valence-electron chi connectivity index (χ4n) is 2.74. The fourth-order valence-corrected chi connectivity index (χ4v) is 2.74. The van der Waals surface area contributed by atoms with E-state index in [-0.39, 0.29) is 6.10 Å². The second-order valence-electron chi connectivity index (χ2n) is 5.12. The Morgan fingerprint density at radius 3 is 2.82 bits per heavy atom. The molecule has 0 spiro atoms. The lowest BCUT2D eigenvalue weighted by atomic mass is 9.85. The summed E-state index contributed by atoms with van der Waals surface area (Å²) >= 11 is 0. The van der Waals surface area contributed by atoms with Crippen molar-refractivity contribution in [2.75, 3.05) is 6.54 Å². The van der Waals surface area contributed by atoms with E-state index in [0.29, 0.717) is 12.0 Å². The summed E-state index contributed by atoms with van der Waals surface area (Å²) in [4.78, 5) is 0. The van der Waals surface area contributed by atoms with Gasteiger partial charge in [0.15, 0.2) is 0 Å². The molecule has 1 fully saturated rings. The molecule has 2 heteroatoms. The molecule has 1 aromatic rings. The Morgan fingerprint density at radius 1 is 1.35 bits per heavy atom. The van der Waals surface area contributed by atoms with Crippen molar-refractivity contribution >= 4 is 0 Å². The maximum absolute atomic E-state index is 9.90. The molecule has 94 valence electrons. The zero-order valence-corrected chi connectivity index (χ0v) is 10.6. The van der Waals surface area contributed by atoms with Crippen LogP contribution in [-0.4, -0.2) is 23.8 Å². The molecule has 17 heavy (non-hydrogen) atoms. The Kier molecular flexibility index (Phi) is 4.57. The normalized spacial score (nSPS) is 26.7. The van der Waals surface area contributed by atoms with E-state index in [2.05, 4.69) is 35.6 Å². The summed E-state index contributed by atoms with van der Waals surface area (Å²) in [5.41, 5.74) is 1.42. The minimum atomic E-state index is -0.187. The van der Waals surface area contributed by atoms with E-state index in [1.807, 2.05) is 6.92 Å². The second-order valence-corrected chi connectivity index (χ2v) is 5.12. The molecule has 1 aliphatic heterocycles. The number of hydrogen-bond acceptors (Lipinski definition) is 2. The number of benzene rings is 1. The summed E-state index contributed by atoms with van der Waals surface area (Å²) in [6.07, 6.45) is 4.13. The van der Waals surface area contributed by atoms with Crippen molar-refractivity contribution in [2.45, 2.75) is 44.8 Å². The topological polar surface area (TPSA) is 32.3 Å². The van der Waals surface area contributed by atoms with Crippen molar-refractivity contribution in [2.24, 2.45) is 5.92 Å². The third kappa shape index (κ3) is 3.55. The molecule has 3 atom stereocenters. The van der Waals surface area contributed by atoms with Crippen LogP contribution in [0.15, 0.2) is 30.3 Å². The van der Waals surface area contributed by atoms with Gasteiger partial charge in [-0.15, -0.1) is 0 Å². The quantitative estimate of drug-likeness (QED) is 0.837. The highest BCUT2D eigenvalue weighted by atomic mass is 16.3.